The summed E-state index contributed by atoms with van der Waals surface area (Å²) in [6.07, 6.45) is 2.86. The first-order valence-electron chi connectivity index (χ1n) is 10.7. The van der Waals surface area contributed by atoms with Gasteiger partial charge in [0.05, 0.1) is 11.9 Å². The van der Waals surface area contributed by atoms with Gasteiger partial charge in [0.25, 0.3) is 5.91 Å². The second-order valence-electron chi connectivity index (χ2n) is 8.04. The number of carbonyl (C=O) groups is 2. The molecule has 0 bridgehead atoms. The summed E-state index contributed by atoms with van der Waals surface area (Å²) in [6, 6.07) is 17.3. The summed E-state index contributed by atoms with van der Waals surface area (Å²) in [5, 5.41) is 6.10. The number of amides is 2. The lowest BCUT2D eigenvalue weighted by molar-refractivity contribution is -0.115. The highest BCUT2D eigenvalue weighted by Crippen LogP contribution is 2.27. The van der Waals surface area contributed by atoms with Gasteiger partial charge in [0.15, 0.2) is 0 Å². The Labute approximate surface area is 190 Å². The Bertz CT molecular complexity index is 1320. The maximum atomic E-state index is 13.2. The molecule has 4 aromatic rings. The van der Waals surface area contributed by atoms with E-state index < -0.39 is 0 Å². The van der Waals surface area contributed by atoms with E-state index in [4.69, 9.17) is 0 Å². The maximum absolute atomic E-state index is 13.2. The van der Waals surface area contributed by atoms with Gasteiger partial charge in [0, 0.05) is 40.8 Å². The van der Waals surface area contributed by atoms with Gasteiger partial charge in [-0.1, -0.05) is 30.3 Å². The van der Waals surface area contributed by atoms with Crippen LogP contribution in [0.1, 0.15) is 31.9 Å². The van der Waals surface area contributed by atoms with Crippen LogP contribution in [-0.4, -0.2) is 28.2 Å². The van der Waals surface area contributed by atoms with Gasteiger partial charge in [-0.25, -0.2) is 0 Å². The molecule has 32 heavy (non-hydrogen) atoms. The number of rotatable bonds is 4. The Morgan fingerprint density at radius 1 is 1.09 bits per heavy atom. The predicted molar refractivity (Wildman–Crippen MR) is 128 cm³/mol. The van der Waals surface area contributed by atoms with Crippen molar-refractivity contribution in [2.45, 2.75) is 26.3 Å². The van der Waals surface area contributed by atoms with Crippen LogP contribution >= 0.6 is 11.3 Å². The van der Waals surface area contributed by atoms with Crippen LogP contribution in [0.4, 0.5) is 5.69 Å². The lowest BCUT2D eigenvalue weighted by atomic mass is 10.0. The fourth-order valence-electron chi connectivity index (χ4n) is 4.27. The van der Waals surface area contributed by atoms with Crippen molar-refractivity contribution in [3.63, 3.8) is 0 Å². The third kappa shape index (κ3) is 3.89. The lowest BCUT2D eigenvalue weighted by Crippen LogP contribution is -2.35. The van der Waals surface area contributed by atoms with E-state index in [1.54, 1.807) is 17.5 Å². The molecular formula is C26H23N3O2S. The number of thiophene rings is 1. The normalized spacial score (nSPS) is 13.1. The van der Waals surface area contributed by atoms with Gasteiger partial charge >= 0.3 is 0 Å². The molecule has 0 saturated carbocycles. The molecule has 0 unspecified atom stereocenters. The highest BCUT2D eigenvalue weighted by atomic mass is 32.1. The average molecular weight is 442 g/mol. The lowest BCUT2D eigenvalue weighted by Gasteiger charge is -2.28. The molecule has 160 valence electrons. The first kappa shape index (κ1) is 20.4. The van der Waals surface area contributed by atoms with Crippen LogP contribution in [0.5, 0.6) is 0 Å². The molecule has 0 fully saturated rings. The van der Waals surface area contributed by atoms with Gasteiger partial charge < -0.3 is 10.2 Å². The van der Waals surface area contributed by atoms with E-state index >= 15 is 0 Å². The van der Waals surface area contributed by atoms with Gasteiger partial charge in [-0.2, -0.15) is 0 Å². The summed E-state index contributed by atoms with van der Waals surface area (Å²) in [6.45, 7) is 3.25. The molecule has 5 rings (SSSR count). The van der Waals surface area contributed by atoms with E-state index in [0.717, 1.165) is 35.0 Å². The quantitative estimate of drug-likeness (QED) is 0.486. The molecule has 1 N–H and O–H groups in total. The summed E-state index contributed by atoms with van der Waals surface area (Å²) in [7, 11) is 0. The van der Waals surface area contributed by atoms with Crippen LogP contribution in [0.2, 0.25) is 0 Å². The van der Waals surface area contributed by atoms with Crippen LogP contribution in [-0.2, 0) is 24.2 Å². The minimum atomic E-state index is -0.128. The van der Waals surface area contributed by atoms with E-state index in [-0.39, 0.29) is 18.2 Å². The molecule has 2 aromatic heterocycles. The van der Waals surface area contributed by atoms with Crippen molar-refractivity contribution >= 4 is 39.7 Å². The van der Waals surface area contributed by atoms with Crippen LogP contribution in [0.25, 0.3) is 10.9 Å². The van der Waals surface area contributed by atoms with Crippen molar-refractivity contribution in [3.05, 3.63) is 93.3 Å². The zero-order valence-corrected chi connectivity index (χ0v) is 18.6. The van der Waals surface area contributed by atoms with Crippen molar-refractivity contribution in [1.82, 2.24) is 9.88 Å². The highest BCUT2D eigenvalue weighted by Gasteiger charge is 2.24. The van der Waals surface area contributed by atoms with E-state index in [2.05, 4.69) is 21.7 Å². The van der Waals surface area contributed by atoms with E-state index in [0.29, 0.717) is 17.8 Å². The standard InChI is InChI=1S/C26H23N3O2S/c1-17-21(26(31)29-13-10-23-20(16-29)11-14-32-23)8-3-9-22(17)28-24(30)15-19-6-2-5-18-7-4-12-27-25(18)19/h2-9,11-12,14H,10,13,15-16H2,1H3,(H,28,30). The summed E-state index contributed by atoms with van der Waals surface area (Å²) in [4.78, 5) is 33.8. The maximum Gasteiger partial charge on any atom is 0.254 e. The molecule has 0 radical (unpaired) electrons. The number of benzene rings is 2. The Balaban J connectivity index is 1.33. The number of para-hydroxylation sites is 1. The molecule has 0 aliphatic carbocycles. The third-order valence-corrected chi connectivity index (χ3v) is 7.02. The molecule has 2 amide bonds. The number of hydrogen-bond donors (Lipinski definition) is 1. The fraction of sp³-hybridized carbons (Fsp3) is 0.192. The molecule has 0 saturated heterocycles. The van der Waals surface area contributed by atoms with Gasteiger partial charge in [-0.05, 0) is 59.7 Å². The van der Waals surface area contributed by atoms with Crippen LogP contribution in [0.15, 0.2) is 66.2 Å². The molecule has 2 aromatic carbocycles. The summed E-state index contributed by atoms with van der Waals surface area (Å²) < 4.78 is 0. The van der Waals surface area contributed by atoms with Crippen LogP contribution < -0.4 is 5.32 Å². The van der Waals surface area contributed by atoms with Crippen molar-refractivity contribution in [2.75, 3.05) is 11.9 Å². The van der Waals surface area contributed by atoms with E-state index in [9.17, 15) is 9.59 Å². The zero-order chi connectivity index (χ0) is 22.1. The Kier molecular flexibility index (Phi) is 5.45. The van der Waals surface area contributed by atoms with Gasteiger partial charge in [-0.15, -0.1) is 11.3 Å². The Morgan fingerprint density at radius 2 is 1.94 bits per heavy atom. The SMILES string of the molecule is Cc1c(NC(=O)Cc2cccc3cccnc23)cccc1C(=O)N1CCc2sccc2C1. The fourth-order valence-corrected chi connectivity index (χ4v) is 5.16. The predicted octanol–water partition coefficient (Wildman–Crippen LogP) is 4.98. The van der Waals surface area contributed by atoms with Crippen molar-refractivity contribution in [1.29, 1.82) is 0 Å². The monoisotopic (exact) mass is 441 g/mol. The molecule has 3 heterocycles. The van der Waals surface area contributed by atoms with E-state index in [1.807, 2.05) is 60.4 Å². The largest absolute Gasteiger partial charge is 0.334 e. The first-order chi connectivity index (χ1) is 15.6. The second kappa shape index (κ2) is 8.55. The average Bonchev–Trinajstić information content (AvgIpc) is 3.28. The Hall–Kier alpha value is -3.51. The number of anilines is 1. The molecule has 6 heteroatoms. The number of fused-ring (bicyclic) bond motifs is 2. The number of carbonyl (C=O) groups excluding carboxylic acids is 2. The smallest absolute Gasteiger partial charge is 0.254 e. The molecule has 1 aliphatic heterocycles. The topological polar surface area (TPSA) is 62.3 Å². The number of pyridine rings is 1. The summed E-state index contributed by atoms with van der Waals surface area (Å²) in [5.41, 5.74) is 5.04. The molecule has 5 nitrogen and oxygen atoms in total. The first-order valence-corrected chi connectivity index (χ1v) is 11.5. The highest BCUT2D eigenvalue weighted by molar-refractivity contribution is 7.10. The van der Waals surface area contributed by atoms with E-state index in [1.165, 1.54) is 10.4 Å². The number of hydrogen-bond acceptors (Lipinski definition) is 4. The Morgan fingerprint density at radius 3 is 2.84 bits per heavy atom. The van der Waals surface area contributed by atoms with Gasteiger partial charge in [-0.3, -0.25) is 14.6 Å². The van der Waals surface area contributed by atoms with Gasteiger partial charge in [0.2, 0.25) is 5.91 Å². The van der Waals surface area contributed by atoms with Crippen LogP contribution in [0.3, 0.4) is 0 Å². The number of nitrogens with one attached hydrogen (secondary N) is 1. The number of nitrogens with zero attached hydrogens (tertiary/aromatic N) is 2. The van der Waals surface area contributed by atoms with Crippen molar-refractivity contribution < 1.29 is 9.59 Å². The second-order valence-corrected chi connectivity index (χ2v) is 9.04. The summed E-state index contributed by atoms with van der Waals surface area (Å²) >= 11 is 1.76. The molecule has 0 spiro atoms. The molecular weight excluding hydrogens is 418 g/mol. The minimum absolute atomic E-state index is 0.00806. The van der Waals surface area contributed by atoms with Crippen molar-refractivity contribution in [2.24, 2.45) is 0 Å². The minimum Gasteiger partial charge on any atom is -0.334 e. The van der Waals surface area contributed by atoms with Crippen molar-refractivity contribution in [3.8, 4) is 0 Å². The number of aromatic nitrogens is 1. The molecule has 0 atom stereocenters. The third-order valence-electron chi connectivity index (χ3n) is 6.00. The summed E-state index contributed by atoms with van der Waals surface area (Å²) in [5.74, 6) is -0.120. The van der Waals surface area contributed by atoms with Crippen LogP contribution in [0, 0.1) is 6.92 Å². The molecule has 1 aliphatic rings. The zero-order valence-electron chi connectivity index (χ0n) is 17.8. The van der Waals surface area contributed by atoms with Gasteiger partial charge in [0.1, 0.15) is 0 Å².